The van der Waals surface area contributed by atoms with Crippen molar-refractivity contribution in [3.63, 3.8) is 0 Å². The molecule has 1 saturated heterocycles. The Morgan fingerprint density at radius 3 is 2.28 bits per heavy atom. The number of phenolic OH excluding ortho intramolecular Hbond substituents is 3. The first kappa shape index (κ1) is 16.4. The number of ether oxygens (including phenoxy) is 1. The topological polar surface area (TPSA) is 124 Å². The van der Waals surface area contributed by atoms with Gasteiger partial charge in [0.25, 0.3) is 0 Å². The molecule has 1 aliphatic rings. The second kappa shape index (κ2) is 6.20. The third-order valence-electron chi connectivity index (χ3n) is 3.92. The molecule has 1 aliphatic heterocycles. The van der Waals surface area contributed by atoms with Crippen LogP contribution < -0.4 is 0 Å². The highest BCUT2D eigenvalue weighted by atomic mass is 16.6. The van der Waals surface area contributed by atoms with Gasteiger partial charge in [0.2, 0.25) is 6.10 Å². The second-order valence-corrected chi connectivity index (χ2v) is 5.58. The third kappa shape index (κ3) is 3.12. The summed E-state index contributed by atoms with van der Waals surface area (Å²) in [6, 6.07) is 9.82. The Hall–Kier alpha value is -3.48. The van der Waals surface area contributed by atoms with Gasteiger partial charge in [0.05, 0.1) is 5.92 Å². The van der Waals surface area contributed by atoms with Gasteiger partial charge in [-0.3, -0.25) is 0 Å². The number of phenols is 3. The average Bonchev–Trinajstić information content (AvgIpc) is 2.89. The summed E-state index contributed by atoms with van der Waals surface area (Å²) in [4.78, 5) is 23.7. The standard InChI is InChI=1S/C18H14O7/c19-11-4-1-9(2-5-11)7-12-15(16(17(22)23)25-18(12)24)10-3-6-13(20)14(21)8-10/h1-8,15-16,19-21H,(H,22,23)/b12-7+/t15-,16-/m1/s1. The average molecular weight is 342 g/mol. The molecular weight excluding hydrogens is 328 g/mol. The molecule has 0 amide bonds. The smallest absolute Gasteiger partial charge is 0.346 e. The fraction of sp³-hybridized carbons (Fsp3) is 0.111. The summed E-state index contributed by atoms with van der Waals surface area (Å²) in [5, 5.41) is 37.8. The SMILES string of the molecule is O=C1O[C@@H](C(=O)O)[C@H](c2ccc(O)c(O)c2)/C1=C\c1ccc(O)cc1. The molecule has 0 aromatic heterocycles. The quantitative estimate of drug-likeness (QED) is 0.382. The number of carboxylic acid groups (broad SMARTS) is 1. The Kier molecular flexibility index (Phi) is 4.06. The zero-order valence-electron chi connectivity index (χ0n) is 12.8. The summed E-state index contributed by atoms with van der Waals surface area (Å²) in [6.07, 6.45) is 0.0269. The molecule has 1 fully saturated rings. The van der Waals surface area contributed by atoms with Crippen LogP contribution in [0.15, 0.2) is 48.0 Å². The molecular formula is C18H14O7. The first-order valence-electron chi connectivity index (χ1n) is 7.33. The zero-order valence-corrected chi connectivity index (χ0v) is 12.8. The molecule has 3 rings (SSSR count). The minimum atomic E-state index is -1.44. The Morgan fingerprint density at radius 1 is 1.00 bits per heavy atom. The van der Waals surface area contributed by atoms with Gasteiger partial charge in [0.1, 0.15) is 5.75 Å². The van der Waals surface area contributed by atoms with Crippen LogP contribution in [-0.2, 0) is 14.3 Å². The molecule has 2 atom stereocenters. The van der Waals surface area contributed by atoms with Crippen LogP contribution in [0.25, 0.3) is 6.08 Å². The maximum Gasteiger partial charge on any atom is 0.346 e. The van der Waals surface area contributed by atoms with E-state index in [1.807, 2.05) is 0 Å². The molecule has 0 radical (unpaired) electrons. The number of cyclic esters (lactones) is 1. The van der Waals surface area contributed by atoms with E-state index in [4.69, 9.17) is 4.74 Å². The summed E-state index contributed by atoms with van der Waals surface area (Å²) in [6.45, 7) is 0. The van der Waals surface area contributed by atoms with Crippen molar-refractivity contribution in [3.05, 3.63) is 59.2 Å². The number of esters is 1. The van der Waals surface area contributed by atoms with Crippen LogP contribution in [0, 0.1) is 0 Å². The Labute approximate surface area is 142 Å². The van der Waals surface area contributed by atoms with E-state index < -0.39 is 29.7 Å². The molecule has 0 unspecified atom stereocenters. The lowest BCUT2D eigenvalue weighted by atomic mass is 9.87. The first-order chi connectivity index (χ1) is 11.9. The van der Waals surface area contributed by atoms with Crippen molar-refractivity contribution in [2.75, 3.05) is 0 Å². The van der Waals surface area contributed by atoms with Crippen molar-refractivity contribution in [2.45, 2.75) is 12.0 Å². The molecule has 0 spiro atoms. The summed E-state index contributed by atoms with van der Waals surface area (Å²) in [5.41, 5.74) is 0.991. The number of hydrogen-bond donors (Lipinski definition) is 4. The number of benzene rings is 2. The summed E-state index contributed by atoms with van der Waals surface area (Å²) >= 11 is 0. The van der Waals surface area contributed by atoms with Crippen LogP contribution in [0.5, 0.6) is 17.2 Å². The molecule has 0 saturated carbocycles. The van der Waals surface area contributed by atoms with E-state index in [9.17, 15) is 30.0 Å². The molecule has 0 aliphatic carbocycles. The van der Waals surface area contributed by atoms with Crippen LogP contribution in [0.2, 0.25) is 0 Å². The largest absolute Gasteiger partial charge is 0.508 e. The Bertz CT molecular complexity index is 867. The van der Waals surface area contributed by atoms with Gasteiger partial charge in [0.15, 0.2) is 11.5 Å². The number of carboxylic acids is 1. The van der Waals surface area contributed by atoms with Crippen LogP contribution in [0.1, 0.15) is 17.0 Å². The van der Waals surface area contributed by atoms with Gasteiger partial charge in [-0.2, -0.15) is 0 Å². The number of aliphatic carboxylic acids is 1. The number of rotatable bonds is 3. The molecule has 2 aromatic rings. The van der Waals surface area contributed by atoms with Crippen LogP contribution in [0.3, 0.4) is 0 Å². The third-order valence-corrected chi connectivity index (χ3v) is 3.92. The Morgan fingerprint density at radius 2 is 1.68 bits per heavy atom. The van der Waals surface area contributed by atoms with Crippen LogP contribution in [0.4, 0.5) is 0 Å². The molecule has 1 heterocycles. The van der Waals surface area contributed by atoms with Gasteiger partial charge >= 0.3 is 11.9 Å². The van der Waals surface area contributed by atoms with Crippen molar-refractivity contribution in [3.8, 4) is 17.2 Å². The lowest BCUT2D eigenvalue weighted by Gasteiger charge is -2.15. The maximum absolute atomic E-state index is 12.2. The van der Waals surface area contributed by atoms with Gasteiger partial charge in [-0.25, -0.2) is 9.59 Å². The summed E-state index contributed by atoms with van der Waals surface area (Å²) in [5.74, 6) is -3.78. The van der Waals surface area contributed by atoms with Gasteiger partial charge < -0.3 is 25.2 Å². The lowest BCUT2D eigenvalue weighted by molar-refractivity contribution is -0.156. The fourth-order valence-corrected chi connectivity index (χ4v) is 2.72. The van der Waals surface area contributed by atoms with E-state index >= 15 is 0 Å². The molecule has 0 bridgehead atoms. The molecule has 25 heavy (non-hydrogen) atoms. The summed E-state index contributed by atoms with van der Waals surface area (Å²) < 4.78 is 4.97. The highest BCUT2D eigenvalue weighted by Gasteiger charge is 2.45. The number of aromatic hydroxyl groups is 3. The first-order valence-corrected chi connectivity index (χ1v) is 7.33. The number of carbonyl (C=O) groups excluding carboxylic acids is 1. The van der Waals surface area contributed by atoms with E-state index in [1.165, 1.54) is 36.4 Å². The van der Waals surface area contributed by atoms with Crippen LogP contribution >= 0.6 is 0 Å². The van der Waals surface area contributed by atoms with Crippen molar-refractivity contribution in [1.29, 1.82) is 0 Å². The van der Waals surface area contributed by atoms with Gasteiger partial charge in [-0.1, -0.05) is 18.2 Å². The molecule has 2 aromatic carbocycles. The monoisotopic (exact) mass is 342 g/mol. The van der Waals surface area contributed by atoms with Gasteiger partial charge in [-0.15, -0.1) is 0 Å². The van der Waals surface area contributed by atoms with Gasteiger partial charge in [-0.05, 0) is 41.5 Å². The van der Waals surface area contributed by atoms with Crippen molar-refractivity contribution in [2.24, 2.45) is 0 Å². The number of carbonyl (C=O) groups is 2. The van der Waals surface area contributed by atoms with Crippen molar-refractivity contribution < 1.29 is 34.8 Å². The second-order valence-electron chi connectivity index (χ2n) is 5.58. The van der Waals surface area contributed by atoms with E-state index in [0.29, 0.717) is 11.1 Å². The highest BCUT2D eigenvalue weighted by Crippen LogP contribution is 2.40. The summed E-state index contributed by atoms with van der Waals surface area (Å²) in [7, 11) is 0. The molecule has 4 N–H and O–H groups in total. The van der Waals surface area contributed by atoms with Crippen LogP contribution in [-0.4, -0.2) is 38.5 Å². The van der Waals surface area contributed by atoms with Gasteiger partial charge in [0, 0.05) is 5.57 Å². The molecule has 7 nitrogen and oxygen atoms in total. The fourth-order valence-electron chi connectivity index (χ4n) is 2.72. The van der Waals surface area contributed by atoms with Crippen molar-refractivity contribution >= 4 is 18.0 Å². The molecule has 128 valence electrons. The predicted octanol–water partition coefficient (Wildman–Crippen LogP) is 1.98. The van der Waals surface area contributed by atoms with E-state index in [0.717, 1.165) is 0 Å². The lowest BCUT2D eigenvalue weighted by Crippen LogP contribution is -2.25. The van der Waals surface area contributed by atoms with E-state index in [1.54, 1.807) is 12.1 Å². The van der Waals surface area contributed by atoms with E-state index in [2.05, 4.69) is 0 Å². The molecule has 7 heteroatoms. The minimum Gasteiger partial charge on any atom is -0.508 e. The van der Waals surface area contributed by atoms with E-state index in [-0.39, 0.29) is 17.1 Å². The normalized spacial score (nSPS) is 21.3. The maximum atomic E-state index is 12.2. The highest BCUT2D eigenvalue weighted by molar-refractivity contribution is 6.01. The zero-order chi connectivity index (χ0) is 18.1. The number of hydrogen-bond acceptors (Lipinski definition) is 6. The predicted molar refractivity (Wildman–Crippen MR) is 86.1 cm³/mol. The minimum absolute atomic E-state index is 0.0552. The Balaban J connectivity index is 2.10. The van der Waals surface area contributed by atoms with Crippen molar-refractivity contribution in [1.82, 2.24) is 0 Å².